The number of thioether (sulfide) groups is 1. The van der Waals surface area contributed by atoms with E-state index in [1.54, 1.807) is 26.2 Å². The van der Waals surface area contributed by atoms with Crippen molar-refractivity contribution in [3.63, 3.8) is 0 Å². The van der Waals surface area contributed by atoms with E-state index in [1.807, 2.05) is 12.1 Å². The molecule has 3 N–H and O–H groups in total. The van der Waals surface area contributed by atoms with Crippen molar-refractivity contribution < 1.29 is 9.59 Å². The van der Waals surface area contributed by atoms with Crippen LogP contribution in [0.2, 0.25) is 0 Å². The van der Waals surface area contributed by atoms with Gasteiger partial charge in [0.05, 0.1) is 11.3 Å². The van der Waals surface area contributed by atoms with E-state index < -0.39 is 0 Å². The first-order valence-corrected chi connectivity index (χ1v) is 11.0. The van der Waals surface area contributed by atoms with Crippen LogP contribution < -0.4 is 16.2 Å². The van der Waals surface area contributed by atoms with Gasteiger partial charge in [0.1, 0.15) is 0 Å². The molecule has 1 aliphatic rings. The van der Waals surface area contributed by atoms with Gasteiger partial charge in [-0.05, 0) is 42.6 Å². The molecule has 2 amide bonds. The number of hydrazine groups is 1. The van der Waals surface area contributed by atoms with E-state index in [0.29, 0.717) is 28.6 Å². The number of carbonyl (C=O) groups excluding carboxylic acids is 2. The number of benzene rings is 1. The SMILES string of the molecule is C[C@@H]1[C@H](C)CCC[C@@H]1NC(=S)NNC(=O)c1ccccc1SCC(=O)N(C)C. The fraction of sp³-hybridized carbons (Fsp3) is 0.550. The van der Waals surface area contributed by atoms with Gasteiger partial charge in [0, 0.05) is 25.0 Å². The van der Waals surface area contributed by atoms with Crippen LogP contribution in [0.25, 0.3) is 0 Å². The molecule has 0 aromatic heterocycles. The fourth-order valence-electron chi connectivity index (χ4n) is 3.22. The Bertz CT molecular complexity index is 711. The molecule has 0 radical (unpaired) electrons. The summed E-state index contributed by atoms with van der Waals surface area (Å²) >= 11 is 6.70. The van der Waals surface area contributed by atoms with Crippen molar-refractivity contribution in [1.29, 1.82) is 0 Å². The molecular formula is C20H30N4O2S2. The third-order valence-corrected chi connectivity index (χ3v) is 6.57. The second kappa shape index (κ2) is 10.7. The van der Waals surface area contributed by atoms with Crippen molar-refractivity contribution in [3.05, 3.63) is 29.8 Å². The highest BCUT2D eigenvalue weighted by atomic mass is 32.2. The third-order valence-electron chi connectivity index (χ3n) is 5.29. The number of carbonyl (C=O) groups is 2. The highest BCUT2D eigenvalue weighted by molar-refractivity contribution is 8.00. The lowest BCUT2D eigenvalue weighted by Crippen LogP contribution is -2.52. The van der Waals surface area contributed by atoms with Gasteiger partial charge in [-0.25, -0.2) is 0 Å². The summed E-state index contributed by atoms with van der Waals surface area (Å²) in [7, 11) is 3.43. The van der Waals surface area contributed by atoms with Crippen molar-refractivity contribution >= 4 is 40.9 Å². The second-order valence-corrected chi connectivity index (χ2v) is 8.92. The summed E-state index contributed by atoms with van der Waals surface area (Å²) in [6.07, 6.45) is 3.52. The molecule has 0 saturated heterocycles. The Labute approximate surface area is 177 Å². The van der Waals surface area contributed by atoms with E-state index in [0.717, 1.165) is 11.3 Å². The van der Waals surface area contributed by atoms with Gasteiger partial charge in [0.25, 0.3) is 5.91 Å². The number of hydrogen-bond acceptors (Lipinski definition) is 4. The third kappa shape index (κ3) is 6.38. The summed E-state index contributed by atoms with van der Waals surface area (Å²) in [4.78, 5) is 26.7. The highest BCUT2D eigenvalue weighted by Crippen LogP contribution is 2.29. The van der Waals surface area contributed by atoms with Crippen LogP contribution in [0.1, 0.15) is 43.5 Å². The van der Waals surface area contributed by atoms with Crippen LogP contribution >= 0.6 is 24.0 Å². The Morgan fingerprint density at radius 1 is 1.18 bits per heavy atom. The molecule has 0 bridgehead atoms. The molecule has 1 aromatic carbocycles. The zero-order valence-electron chi connectivity index (χ0n) is 17.0. The van der Waals surface area contributed by atoms with Crippen molar-refractivity contribution in [3.8, 4) is 0 Å². The Morgan fingerprint density at radius 2 is 1.89 bits per heavy atom. The minimum atomic E-state index is -0.283. The highest BCUT2D eigenvalue weighted by Gasteiger charge is 2.27. The Balaban J connectivity index is 1.89. The summed E-state index contributed by atoms with van der Waals surface area (Å²) in [5, 5.41) is 3.75. The number of amides is 2. The molecule has 3 atom stereocenters. The smallest absolute Gasteiger partial charge is 0.270 e. The van der Waals surface area contributed by atoms with Crippen molar-refractivity contribution in [1.82, 2.24) is 21.1 Å². The first-order valence-electron chi connectivity index (χ1n) is 9.58. The average Bonchev–Trinajstić information content (AvgIpc) is 2.68. The maximum atomic E-state index is 12.6. The number of thiocarbonyl (C=S) groups is 1. The van der Waals surface area contributed by atoms with Crippen molar-refractivity contribution in [2.75, 3.05) is 19.8 Å². The summed E-state index contributed by atoms with van der Waals surface area (Å²) < 4.78 is 0. The quantitative estimate of drug-likeness (QED) is 0.385. The average molecular weight is 423 g/mol. The Hall–Kier alpha value is -1.80. The molecule has 6 nitrogen and oxygen atoms in total. The van der Waals surface area contributed by atoms with E-state index in [4.69, 9.17) is 12.2 Å². The van der Waals surface area contributed by atoms with Crippen LogP contribution in [0.15, 0.2) is 29.2 Å². The van der Waals surface area contributed by atoms with Gasteiger partial charge in [-0.3, -0.25) is 20.4 Å². The zero-order valence-corrected chi connectivity index (χ0v) is 18.6. The summed E-state index contributed by atoms with van der Waals surface area (Å²) in [5.41, 5.74) is 5.98. The van der Waals surface area contributed by atoms with Crippen LogP contribution in [-0.2, 0) is 4.79 Å². The second-order valence-electron chi connectivity index (χ2n) is 7.50. The molecule has 1 saturated carbocycles. The molecule has 1 aliphatic carbocycles. The first kappa shape index (κ1) is 22.5. The van der Waals surface area contributed by atoms with E-state index in [2.05, 4.69) is 30.0 Å². The molecule has 8 heteroatoms. The summed E-state index contributed by atoms with van der Waals surface area (Å²) in [6.45, 7) is 4.51. The molecule has 0 unspecified atom stereocenters. The topological polar surface area (TPSA) is 73.5 Å². The molecular weight excluding hydrogens is 392 g/mol. The van der Waals surface area contributed by atoms with E-state index in [-0.39, 0.29) is 17.6 Å². The normalized spacial score (nSPS) is 21.5. The lowest BCUT2D eigenvalue weighted by atomic mass is 9.78. The maximum Gasteiger partial charge on any atom is 0.270 e. The minimum absolute atomic E-state index is 0.000422. The lowest BCUT2D eigenvalue weighted by molar-refractivity contribution is -0.125. The molecule has 154 valence electrons. The Kier molecular flexibility index (Phi) is 8.57. The fourth-order valence-corrected chi connectivity index (χ4v) is 4.45. The van der Waals surface area contributed by atoms with Gasteiger partial charge in [0.15, 0.2) is 5.11 Å². The molecule has 28 heavy (non-hydrogen) atoms. The van der Waals surface area contributed by atoms with E-state index >= 15 is 0 Å². The largest absolute Gasteiger partial charge is 0.358 e. The van der Waals surface area contributed by atoms with Gasteiger partial charge in [-0.15, -0.1) is 11.8 Å². The monoisotopic (exact) mass is 422 g/mol. The van der Waals surface area contributed by atoms with Crippen LogP contribution in [0.4, 0.5) is 0 Å². The van der Waals surface area contributed by atoms with Crippen molar-refractivity contribution in [2.24, 2.45) is 11.8 Å². The summed E-state index contributed by atoms with van der Waals surface area (Å²) in [6, 6.07) is 7.55. The molecule has 0 spiro atoms. The summed E-state index contributed by atoms with van der Waals surface area (Å²) in [5.74, 6) is 1.20. The van der Waals surface area contributed by atoms with Gasteiger partial charge in [-0.1, -0.05) is 38.8 Å². The van der Waals surface area contributed by atoms with Gasteiger partial charge < -0.3 is 10.2 Å². The van der Waals surface area contributed by atoms with Gasteiger partial charge >= 0.3 is 0 Å². The van der Waals surface area contributed by atoms with Crippen LogP contribution in [0.5, 0.6) is 0 Å². The number of nitrogens with zero attached hydrogens (tertiary/aromatic N) is 1. The van der Waals surface area contributed by atoms with E-state index in [9.17, 15) is 9.59 Å². The van der Waals surface area contributed by atoms with Crippen LogP contribution in [0, 0.1) is 11.8 Å². The number of rotatable bonds is 5. The molecule has 1 fully saturated rings. The zero-order chi connectivity index (χ0) is 20.7. The number of hydrogen-bond donors (Lipinski definition) is 3. The molecule has 2 rings (SSSR count). The van der Waals surface area contributed by atoms with Crippen LogP contribution in [-0.4, -0.2) is 47.7 Å². The predicted octanol–water partition coefficient (Wildman–Crippen LogP) is 2.80. The number of nitrogens with one attached hydrogen (secondary N) is 3. The van der Waals surface area contributed by atoms with Crippen molar-refractivity contribution in [2.45, 2.75) is 44.0 Å². The predicted molar refractivity (Wildman–Crippen MR) is 118 cm³/mol. The lowest BCUT2D eigenvalue weighted by Gasteiger charge is -2.35. The van der Waals surface area contributed by atoms with Gasteiger partial charge in [-0.2, -0.15) is 0 Å². The van der Waals surface area contributed by atoms with Crippen LogP contribution in [0.3, 0.4) is 0 Å². The van der Waals surface area contributed by atoms with Gasteiger partial charge in [0.2, 0.25) is 5.91 Å². The minimum Gasteiger partial charge on any atom is -0.358 e. The first-order chi connectivity index (χ1) is 13.3. The molecule has 0 heterocycles. The standard InChI is InChI=1S/C20H30N4O2S2/c1-13-8-7-10-16(14(13)2)21-20(27)23-22-19(26)15-9-5-6-11-17(15)28-12-18(25)24(3)4/h5-6,9,11,13-14,16H,7-8,10,12H2,1-4H3,(H,22,26)(H2,21,23,27)/t13-,14-,16+/m1/s1. The molecule has 0 aliphatic heterocycles. The van der Waals surface area contributed by atoms with E-state index in [1.165, 1.54) is 29.5 Å². The maximum absolute atomic E-state index is 12.6. The Morgan fingerprint density at radius 3 is 2.61 bits per heavy atom. The molecule has 1 aromatic rings.